The number of carbonyl (C=O) groups is 2. The van der Waals surface area contributed by atoms with Crippen LogP contribution in [0.1, 0.15) is 21.5 Å². The fourth-order valence-corrected chi connectivity index (χ4v) is 3.27. The molecule has 1 N–H and O–H groups in total. The molecule has 1 aliphatic heterocycles. The molecule has 2 aromatic carbocycles. The van der Waals surface area contributed by atoms with Gasteiger partial charge in [-0.2, -0.15) is 0 Å². The first kappa shape index (κ1) is 15.6. The molecule has 0 saturated heterocycles. The molecule has 0 bridgehead atoms. The zero-order chi connectivity index (χ0) is 16.6. The first-order valence-electron chi connectivity index (χ1n) is 6.93. The van der Waals surface area contributed by atoms with Crippen LogP contribution in [0.25, 0.3) is 0 Å². The number of rotatable bonds is 4. The number of benzene rings is 2. The van der Waals surface area contributed by atoms with Crippen molar-refractivity contribution in [2.75, 3.05) is 0 Å². The van der Waals surface area contributed by atoms with E-state index in [0.29, 0.717) is 16.1 Å². The van der Waals surface area contributed by atoms with E-state index in [9.17, 15) is 14.7 Å². The Morgan fingerprint density at radius 1 is 1.17 bits per heavy atom. The number of carboxylic acids is 1. The third-order valence-corrected chi connectivity index (χ3v) is 4.39. The molecule has 1 aliphatic rings. The van der Waals surface area contributed by atoms with Crippen molar-refractivity contribution in [3.8, 4) is 0 Å². The van der Waals surface area contributed by atoms with Crippen molar-refractivity contribution in [1.29, 1.82) is 0 Å². The zero-order valence-electron chi connectivity index (χ0n) is 11.9. The van der Waals surface area contributed by atoms with E-state index < -0.39 is 12.0 Å². The highest BCUT2D eigenvalue weighted by molar-refractivity contribution is 7.80. The minimum absolute atomic E-state index is 0.135. The van der Waals surface area contributed by atoms with Gasteiger partial charge in [0.1, 0.15) is 11.0 Å². The first-order valence-corrected chi connectivity index (χ1v) is 7.72. The second kappa shape index (κ2) is 6.10. The summed E-state index contributed by atoms with van der Waals surface area (Å²) in [5.74, 6) is -1.48. The maximum absolute atomic E-state index is 12.6. The van der Waals surface area contributed by atoms with Crippen LogP contribution in [0.2, 0.25) is 5.02 Å². The maximum atomic E-state index is 12.6. The number of thiocarbonyl (C=S) groups is 1. The van der Waals surface area contributed by atoms with Crippen LogP contribution in [-0.2, 0) is 11.2 Å². The van der Waals surface area contributed by atoms with Crippen LogP contribution in [0.15, 0.2) is 48.5 Å². The molecule has 0 saturated carbocycles. The topological polar surface area (TPSA) is 57.6 Å². The quantitative estimate of drug-likeness (QED) is 0.865. The summed E-state index contributed by atoms with van der Waals surface area (Å²) in [6, 6.07) is 12.7. The molecule has 0 aromatic heterocycles. The van der Waals surface area contributed by atoms with Crippen LogP contribution < -0.4 is 0 Å². The summed E-state index contributed by atoms with van der Waals surface area (Å²) >= 11 is 11.3. The van der Waals surface area contributed by atoms with Gasteiger partial charge in [0, 0.05) is 17.0 Å². The van der Waals surface area contributed by atoms with Gasteiger partial charge in [-0.25, -0.2) is 4.79 Å². The summed E-state index contributed by atoms with van der Waals surface area (Å²) < 4.78 is 0. The smallest absolute Gasteiger partial charge is 0.327 e. The molecule has 1 atom stereocenters. The number of carboxylic acid groups (broad SMARTS) is 1. The van der Waals surface area contributed by atoms with Gasteiger partial charge < -0.3 is 5.11 Å². The van der Waals surface area contributed by atoms with Gasteiger partial charge in [-0.05, 0) is 23.8 Å². The zero-order valence-corrected chi connectivity index (χ0v) is 13.5. The van der Waals surface area contributed by atoms with Gasteiger partial charge >= 0.3 is 5.97 Å². The van der Waals surface area contributed by atoms with Gasteiger partial charge in [-0.3, -0.25) is 9.69 Å². The summed E-state index contributed by atoms with van der Waals surface area (Å²) in [7, 11) is 0. The van der Waals surface area contributed by atoms with Gasteiger partial charge in [0.25, 0.3) is 5.91 Å². The molecule has 1 unspecified atom stereocenters. The standard InChI is InChI=1S/C17H12ClNO3S/c18-11-5-3-4-10(8-11)9-14(17(21)22)19-15(20)12-6-1-2-7-13(12)16(19)23/h1-8,14H,9H2,(H,21,22). The number of halogens is 1. The molecule has 4 nitrogen and oxygen atoms in total. The lowest BCUT2D eigenvalue weighted by atomic mass is 10.0. The van der Waals surface area contributed by atoms with Crippen molar-refractivity contribution in [2.24, 2.45) is 0 Å². The van der Waals surface area contributed by atoms with E-state index >= 15 is 0 Å². The summed E-state index contributed by atoms with van der Waals surface area (Å²) in [5, 5.41) is 10.1. The number of nitrogens with zero attached hydrogens (tertiary/aromatic N) is 1. The summed E-state index contributed by atoms with van der Waals surface area (Å²) in [6.45, 7) is 0. The van der Waals surface area contributed by atoms with Crippen LogP contribution >= 0.6 is 23.8 Å². The van der Waals surface area contributed by atoms with E-state index in [4.69, 9.17) is 23.8 Å². The fraction of sp³-hybridized carbons (Fsp3) is 0.118. The normalized spacial score (nSPS) is 14.7. The van der Waals surface area contributed by atoms with E-state index in [1.807, 2.05) is 0 Å². The molecule has 0 radical (unpaired) electrons. The molecule has 1 heterocycles. The number of aliphatic carboxylic acids is 1. The van der Waals surface area contributed by atoms with E-state index in [2.05, 4.69) is 0 Å². The van der Waals surface area contributed by atoms with Crippen LogP contribution in [0, 0.1) is 0 Å². The predicted molar refractivity (Wildman–Crippen MR) is 90.9 cm³/mol. The van der Waals surface area contributed by atoms with Crippen LogP contribution in [0.3, 0.4) is 0 Å². The molecule has 116 valence electrons. The SMILES string of the molecule is O=C(O)C(Cc1cccc(Cl)c1)N1C(=O)c2ccccc2C1=S. The van der Waals surface area contributed by atoms with Crippen molar-refractivity contribution in [3.63, 3.8) is 0 Å². The predicted octanol–water partition coefficient (Wildman–Crippen LogP) is 3.17. The van der Waals surface area contributed by atoms with Gasteiger partial charge in [-0.1, -0.05) is 54.2 Å². The van der Waals surface area contributed by atoms with E-state index in [1.54, 1.807) is 48.5 Å². The molecule has 2 aromatic rings. The lowest BCUT2D eigenvalue weighted by Gasteiger charge is -2.24. The fourth-order valence-electron chi connectivity index (χ4n) is 2.67. The molecular weight excluding hydrogens is 334 g/mol. The number of carbonyl (C=O) groups excluding carboxylic acids is 1. The highest BCUT2D eigenvalue weighted by atomic mass is 35.5. The minimum atomic E-state index is -1.10. The molecule has 0 aliphatic carbocycles. The highest BCUT2D eigenvalue weighted by Crippen LogP contribution is 2.27. The van der Waals surface area contributed by atoms with Crippen LogP contribution in [-0.4, -0.2) is 32.9 Å². The Labute approximate surface area is 143 Å². The molecule has 1 amide bonds. The Bertz CT molecular complexity index is 786. The van der Waals surface area contributed by atoms with Crippen LogP contribution in [0.4, 0.5) is 0 Å². The lowest BCUT2D eigenvalue weighted by molar-refractivity contribution is -0.141. The average molecular weight is 346 g/mol. The molecule has 0 spiro atoms. The molecule has 6 heteroatoms. The Kier molecular flexibility index (Phi) is 4.15. The second-order valence-corrected chi connectivity index (χ2v) is 6.04. The van der Waals surface area contributed by atoms with Crippen molar-refractivity contribution in [3.05, 3.63) is 70.2 Å². The maximum Gasteiger partial charge on any atom is 0.327 e. The average Bonchev–Trinajstić information content (AvgIpc) is 2.77. The van der Waals surface area contributed by atoms with Gasteiger partial charge in [-0.15, -0.1) is 0 Å². The van der Waals surface area contributed by atoms with Gasteiger partial charge in [0.15, 0.2) is 0 Å². The molecule has 0 fully saturated rings. The van der Waals surface area contributed by atoms with Crippen molar-refractivity contribution >= 4 is 40.7 Å². The minimum Gasteiger partial charge on any atom is -0.480 e. The highest BCUT2D eigenvalue weighted by Gasteiger charge is 2.40. The Balaban J connectivity index is 1.95. The number of fused-ring (bicyclic) bond motifs is 1. The summed E-state index contributed by atoms with van der Waals surface area (Å²) in [4.78, 5) is 25.7. The van der Waals surface area contributed by atoms with Gasteiger partial charge in [0.2, 0.25) is 0 Å². The van der Waals surface area contributed by atoms with Crippen molar-refractivity contribution in [2.45, 2.75) is 12.5 Å². The Hall–Kier alpha value is -2.24. The number of amides is 1. The molecular formula is C17H12ClNO3S. The lowest BCUT2D eigenvalue weighted by Crippen LogP contribution is -2.45. The Morgan fingerprint density at radius 2 is 1.87 bits per heavy atom. The summed E-state index contributed by atoms with van der Waals surface area (Å²) in [5.41, 5.74) is 1.77. The van der Waals surface area contributed by atoms with Crippen LogP contribution in [0.5, 0.6) is 0 Å². The summed E-state index contributed by atoms with van der Waals surface area (Å²) in [6.07, 6.45) is 0.135. The monoisotopic (exact) mass is 345 g/mol. The largest absolute Gasteiger partial charge is 0.480 e. The third kappa shape index (κ3) is 2.85. The van der Waals surface area contributed by atoms with Crippen molar-refractivity contribution in [1.82, 2.24) is 4.90 Å². The second-order valence-electron chi connectivity index (χ2n) is 5.21. The number of hydrogen-bond acceptors (Lipinski definition) is 3. The van der Waals surface area contributed by atoms with E-state index in [-0.39, 0.29) is 17.3 Å². The third-order valence-electron chi connectivity index (χ3n) is 3.74. The number of hydrogen-bond donors (Lipinski definition) is 1. The van der Waals surface area contributed by atoms with E-state index in [0.717, 1.165) is 5.56 Å². The van der Waals surface area contributed by atoms with Crippen molar-refractivity contribution < 1.29 is 14.7 Å². The van der Waals surface area contributed by atoms with Gasteiger partial charge in [0.05, 0.1) is 5.56 Å². The first-order chi connectivity index (χ1) is 11.0. The molecule has 3 rings (SSSR count). The Morgan fingerprint density at radius 3 is 2.48 bits per heavy atom. The van der Waals surface area contributed by atoms with E-state index in [1.165, 1.54) is 4.90 Å². The molecule has 23 heavy (non-hydrogen) atoms.